The molecule has 1 unspecified atom stereocenters. The zero-order valence-corrected chi connectivity index (χ0v) is 9.48. The number of nitrogens with one attached hydrogen (secondary N) is 1. The minimum atomic E-state index is -0.0901. The van der Waals surface area contributed by atoms with Crippen molar-refractivity contribution >= 4 is 5.91 Å². The molecule has 6 nitrogen and oxygen atoms in total. The van der Waals surface area contributed by atoms with Crippen molar-refractivity contribution in [1.29, 1.82) is 0 Å². The van der Waals surface area contributed by atoms with Crippen LogP contribution in [0.25, 0.3) is 0 Å². The quantitative estimate of drug-likeness (QED) is 0.687. The molecule has 90 valence electrons. The Bertz CT molecular complexity index is 300. The van der Waals surface area contributed by atoms with E-state index >= 15 is 0 Å². The van der Waals surface area contributed by atoms with Gasteiger partial charge in [-0.15, -0.1) is 0 Å². The predicted molar refractivity (Wildman–Crippen MR) is 58.5 cm³/mol. The standard InChI is InChI=1S/C10H18N4O2/c1-2-3-8(6-11)10(15)12-5-4-9-13-7-14-16-9/h7-8H,2-6,11H2,1H3,(H,12,15). The number of aromatic nitrogens is 2. The lowest BCUT2D eigenvalue weighted by atomic mass is 10.0. The fraction of sp³-hybridized carbons (Fsp3) is 0.700. The van der Waals surface area contributed by atoms with Crippen molar-refractivity contribution < 1.29 is 9.32 Å². The topological polar surface area (TPSA) is 94.0 Å². The summed E-state index contributed by atoms with van der Waals surface area (Å²) in [5.41, 5.74) is 5.52. The van der Waals surface area contributed by atoms with Gasteiger partial charge in [-0.25, -0.2) is 0 Å². The Balaban J connectivity index is 2.23. The molecule has 6 heteroatoms. The Kier molecular flexibility index (Phi) is 5.49. The molecule has 16 heavy (non-hydrogen) atoms. The minimum absolute atomic E-state index is 0.00358. The summed E-state index contributed by atoms with van der Waals surface area (Å²) in [5.74, 6) is 0.441. The molecule has 1 atom stereocenters. The summed E-state index contributed by atoms with van der Waals surface area (Å²) in [6.07, 6.45) is 3.67. The first-order valence-corrected chi connectivity index (χ1v) is 5.51. The summed E-state index contributed by atoms with van der Waals surface area (Å²) in [5, 5.41) is 6.29. The fourth-order valence-corrected chi connectivity index (χ4v) is 1.45. The van der Waals surface area contributed by atoms with E-state index in [1.165, 1.54) is 6.33 Å². The first kappa shape index (κ1) is 12.6. The molecule has 0 radical (unpaired) electrons. The van der Waals surface area contributed by atoms with Crippen LogP contribution in [0.15, 0.2) is 10.9 Å². The second-order valence-corrected chi connectivity index (χ2v) is 3.60. The number of carbonyl (C=O) groups excluding carboxylic acids is 1. The van der Waals surface area contributed by atoms with Crippen molar-refractivity contribution in [2.24, 2.45) is 11.7 Å². The monoisotopic (exact) mass is 226 g/mol. The van der Waals surface area contributed by atoms with Crippen LogP contribution in [0.1, 0.15) is 25.7 Å². The molecule has 1 heterocycles. The number of nitrogens with zero attached hydrogens (tertiary/aromatic N) is 2. The third-order valence-corrected chi connectivity index (χ3v) is 2.34. The third-order valence-electron chi connectivity index (χ3n) is 2.34. The molecule has 1 aromatic rings. The van der Waals surface area contributed by atoms with Gasteiger partial charge in [-0.05, 0) is 6.42 Å². The van der Waals surface area contributed by atoms with E-state index in [0.717, 1.165) is 12.8 Å². The minimum Gasteiger partial charge on any atom is -0.355 e. The number of amides is 1. The van der Waals surface area contributed by atoms with Crippen molar-refractivity contribution in [2.45, 2.75) is 26.2 Å². The maximum Gasteiger partial charge on any atom is 0.228 e. The van der Waals surface area contributed by atoms with Crippen molar-refractivity contribution in [2.75, 3.05) is 13.1 Å². The molecule has 0 aliphatic heterocycles. The van der Waals surface area contributed by atoms with Crippen molar-refractivity contribution in [3.8, 4) is 0 Å². The van der Waals surface area contributed by atoms with Gasteiger partial charge in [-0.3, -0.25) is 4.79 Å². The smallest absolute Gasteiger partial charge is 0.228 e. The zero-order valence-electron chi connectivity index (χ0n) is 9.48. The third kappa shape index (κ3) is 3.98. The van der Waals surface area contributed by atoms with E-state index < -0.39 is 0 Å². The molecule has 0 spiro atoms. The molecule has 3 N–H and O–H groups in total. The summed E-state index contributed by atoms with van der Waals surface area (Å²) in [6, 6.07) is 0. The van der Waals surface area contributed by atoms with Crippen LogP contribution in [0.2, 0.25) is 0 Å². The van der Waals surface area contributed by atoms with Crippen LogP contribution >= 0.6 is 0 Å². The van der Waals surface area contributed by atoms with E-state index in [0.29, 0.717) is 25.4 Å². The molecule has 1 rings (SSSR count). The van der Waals surface area contributed by atoms with E-state index in [1.807, 2.05) is 6.92 Å². The molecule has 0 bridgehead atoms. The van der Waals surface area contributed by atoms with Crippen LogP contribution in [0.5, 0.6) is 0 Å². The van der Waals surface area contributed by atoms with Crippen LogP contribution in [0.4, 0.5) is 0 Å². The highest BCUT2D eigenvalue weighted by atomic mass is 16.5. The average molecular weight is 226 g/mol. The highest BCUT2D eigenvalue weighted by Gasteiger charge is 2.14. The van der Waals surface area contributed by atoms with Gasteiger partial charge in [0.05, 0.1) is 5.92 Å². The normalized spacial score (nSPS) is 12.4. The Hall–Kier alpha value is -1.43. The molecule has 0 saturated carbocycles. The largest absolute Gasteiger partial charge is 0.355 e. The van der Waals surface area contributed by atoms with Crippen LogP contribution in [0, 0.1) is 5.92 Å². The van der Waals surface area contributed by atoms with Crippen molar-refractivity contribution in [3.63, 3.8) is 0 Å². The van der Waals surface area contributed by atoms with E-state index in [4.69, 9.17) is 10.3 Å². The van der Waals surface area contributed by atoms with Gasteiger partial charge in [-0.2, -0.15) is 4.98 Å². The molecule has 0 aliphatic carbocycles. The zero-order chi connectivity index (χ0) is 11.8. The maximum atomic E-state index is 11.6. The van der Waals surface area contributed by atoms with Crippen LogP contribution in [-0.2, 0) is 11.2 Å². The first-order chi connectivity index (χ1) is 7.77. The summed E-state index contributed by atoms with van der Waals surface area (Å²) in [6.45, 7) is 2.93. The lowest BCUT2D eigenvalue weighted by Crippen LogP contribution is -2.36. The van der Waals surface area contributed by atoms with E-state index in [9.17, 15) is 4.79 Å². The Morgan fingerprint density at radius 2 is 2.50 bits per heavy atom. The van der Waals surface area contributed by atoms with Gasteiger partial charge in [0.15, 0.2) is 6.33 Å². The molecular formula is C10H18N4O2. The first-order valence-electron chi connectivity index (χ1n) is 5.51. The Morgan fingerprint density at radius 1 is 1.69 bits per heavy atom. The van der Waals surface area contributed by atoms with E-state index in [-0.39, 0.29) is 11.8 Å². The van der Waals surface area contributed by atoms with Crippen molar-refractivity contribution in [3.05, 3.63) is 12.2 Å². The highest BCUT2D eigenvalue weighted by Crippen LogP contribution is 2.04. The van der Waals surface area contributed by atoms with Gasteiger partial charge in [-0.1, -0.05) is 18.5 Å². The summed E-state index contributed by atoms with van der Waals surface area (Å²) >= 11 is 0. The fourth-order valence-electron chi connectivity index (χ4n) is 1.45. The molecule has 1 amide bonds. The number of carbonyl (C=O) groups is 1. The molecule has 0 saturated heterocycles. The predicted octanol–water partition coefficient (Wildman–Crippen LogP) is 0.103. The maximum absolute atomic E-state index is 11.6. The molecule has 1 aromatic heterocycles. The van der Waals surface area contributed by atoms with Gasteiger partial charge in [0.1, 0.15) is 0 Å². The van der Waals surface area contributed by atoms with Crippen molar-refractivity contribution in [1.82, 2.24) is 15.5 Å². The summed E-state index contributed by atoms with van der Waals surface area (Å²) in [7, 11) is 0. The number of hydrogen-bond donors (Lipinski definition) is 2. The number of hydrogen-bond acceptors (Lipinski definition) is 5. The molecule has 0 aliphatic rings. The highest BCUT2D eigenvalue weighted by molar-refractivity contribution is 5.78. The second-order valence-electron chi connectivity index (χ2n) is 3.60. The van der Waals surface area contributed by atoms with Gasteiger partial charge in [0.2, 0.25) is 11.8 Å². The molecule has 0 fully saturated rings. The number of rotatable bonds is 7. The van der Waals surface area contributed by atoms with Crippen LogP contribution in [0.3, 0.4) is 0 Å². The van der Waals surface area contributed by atoms with Crippen LogP contribution < -0.4 is 11.1 Å². The average Bonchev–Trinajstić information content (AvgIpc) is 2.78. The summed E-state index contributed by atoms with van der Waals surface area (Å²) in [4.78, 5) is 15.5. The Labute approximate surface area is 94.6 Å². The lowest BCUT2D eigenvalue weighted by molar-refractivity contribution is -0.124. The Morgan fingerprint density at radius 3 is 3.06 bits per heavy atom. The SMILES string of the molecule is CCCC(CN)C(=O)NCCc1ncno1. The number of nitrogens with two attached hydrogens (primary N) is 1. The molecule has 0 aromatic carbocycles. The van der Waals surface area contributed by atoms with E-state index in [1.54, 1.807) is 0 Å². The van der Waals surface area contributed by atoms with Crippen LogP contribution in [-0.4, -0.2) is 29.1 Å². The van der Waals surface area contributed by atoms with Gasteiger partial charge in [0.25, 0.3) is 0 Å². The summed E-state index contributed by atoms with van der Waals surface area (Å²) < 4.78 is 4.81. The second kappa shape index (κ2) is 6.95. The molecular weight excluding hydrogens is 208 g/mol. The van der Waals surface area contributed by atoms with Gasteiger partial charge in [0, 0.05) is 19.5 Å². The lowest BCUT2D eigenvalue weighted by Gasteiger charge is -2.12. The van der Waals surface area contributed by atoms with E-state index in [2.05, 4.69) is 15.5 Å². The van der Waals surface area contributed by atoms with Gasteiger partial charge < -0.3 is 15.6 Å². The van der Waals surface area contributed by atoms with Gasteiger partial charge >= 0.3 is 0 Å².